The highest BCUT2D eigenvalue weighted by molar-refractivity contribution is 7.20. The highest BCUT2D eigenvalue weighted by Crippen LogP contribution is 2.28. The molecule has 0 radical (unpaired) electrons. The third-order valence-corrected chi connectivity index (χ3v) is 4.88. The third-order valence-electron chi connectivity index (χ3n) is 3.63. The molecule has 15 heteroatoms. The van der Waals surface area contributed by atoms with Crippen molar-refractivity contribution in [3.05, 3.63) is 31.3 Å². The molecule has 0 aliphatic rings. The van der Waals surface area contributed by atoms with Crippen LogP contribution in [0.1, 0.15) is 16.9 Å². The number of rotatable bonds is 5. The van der Waals surface area contributed by atoms with E-state index in [1.54, 1.807) is 5.43 Å². The van der Waals surface area contributed by atoms with Gasteiger partial charge in [-0.1, -0.05) is 0 Å². The molecule has 2 rings (SSSR count). The number of hydrazone groups is 1. The zero-order chi connectivity index (χ0) is 22.1. The first-order valence-electron chi connectivity index (χ1n) is 7.63. The fraction of sp³-hybridized carbons (Fsp3) is 0.429. The van der Waals surface area contributed by atoms with E-state index >= 15 is 0 Å². The predicted octanol–water partition coefficient (Wildman–Crippen LogP) is 2.65. The lowest BCUT2D eigenvalue weighted by Crippen LogP contribution is -2.43. The summed E-state index contributed by atoms with van der Waals surface area (Å²) in [6.45, 7) is -1.67. The van der Waals surface area contributed by atoms with Gasteiger partial charge in [-0.2, -0.15) is 31.4 Å². The van der Waals surface area contributed by atoms with E-state index < -0.39 is 49.2 Å². The molecule has 0 bridgehead atoms. The van der Waals surface area contributed by atoms with E-state index in [2.05, 4.69) is 5.10 Å². The Morgan fingerprint density at radius 3 is 2.31 bits per heavy atom. The number of nitrogens with one attached hydrogen (secondary N) is 1. The van der Waals surface area contributed by atoms with E-state index in [0.717, 1.165) is 6.21 Å². The topological polar surface area (TPSA) is 106 Å². The Hall–Kier alpha value is -2.84. The van der Waals surface area contributed by atoms with Gasteiger partial charge in [0.05, 0.1) is 22.9 Å². The van der Waals surface area contributed by atoms with E-state index in [0.29, 0.717) is 15.9 Å². The maximum atomic E-state index is 12.8. The number of nitrogens with zero attached hydrogens (tertiary/aromatic N) is 3. The van der Waals surface area contributed by atoms with Crippen LogP contribution in [0.2, 0.25) is 0 Å². The highest BCUT2D eigenvalue weighted by atomic mass is 32.1. The van der Waals surface area contributed by atoms with Gasteiger partial charge in [-0.15, -0.1) is 11.3 Å². The number of aromatic nitrogens is 2. The van der Waals surface area contributed by atoms with E-state index in [1.807, 2.05) is 0 Å². The zero-order valence-electron chi connectivity index (χ0n) is 14.4. The van der Waals surface area contributed by atoms with Crippen molar-refractivity contribution in [2.24, 2.45) is 5.10 Å². The van der Waals surface area contributed by atoms with Gasteiger partial charge in [-0.05, 0) is 12.5 Å². The van der Waals surface area contributed by atoms with Crippen molar-refractivity contribution in [1.82, 2.24) is 14.6 Å². The fourth-order valence-electron chi connectivity index (χ4n) is 2.44. The Morgan fingerprint density at radius 2 is 1.79 bits per heavy atom. The van der Waals surface area contributed by atoms with Gasteiger partial charge in [0, 0.05) is 6.54 Å². The molecule has 0 aliphatic heterocycles. The minimum atomic E-state index is -4.96. The Labute approximate surface area is 160 Å². The molecule has 0 aliphatic carbocycles. The molecule has 2 heterocycles. The van der Waals surface area contributed by atoms with Gasteiger partial charge in [-0.25, -0.2) is 15.0 Å². The average molecular weight is 446 g/mol. The van der Waals surface area contributed by atoms with Crippen LogP contribution in [-0.4, -0.2) is 38.9 Å². The standard InChI is InChI=1S/C14H12F6N4O4S/c1-6-7(4-21-22-11(26)27)29-10-8(6)9(25)24(5-14(18,19)20)12(28)23(10)3-2-13(15,16)17/h4,22H,2-3,5H2,1H3,(H,26,27)/b21-4+. The van der Waals surface area contributed by atoms with E-state index in [4.69, 9.17) is 5.11 Å². The first-order chi connectivity index (χ1) is 13.2. The van der Waals surface area contributed by atoms with Gasteiger partial charge in [0.1, 0.15) is 11.4 Å². The molecular weight excluding hydrogens is 434 g/mol. The maximum Gasteiger partial charge on any atom is 0.425 e. The van der Waals surface area contributed by atoms with Gasteiger partial charge < -0.3 is 5.11 Å². The molecule has 2 aromatic rings. The summed E-state index contributed by atoms with van der Waals surface area (Å²) in [5.41, 5.74) is -1.16. The first kappa shape index (κ1) is 22.4. The molecule has 0 fully saturated rings. The summed E-state index contributed by atoms with van der Waals surface area (Å²) in [5, 5.41) is 11.4. The molecule has 0 aromatic carbocycles. The number of carbonyl (C=O) groups is 1. The summed E-state index contributed by atoms with van der Waals surface area (Å²) < 4.78 is 76.5. The molecule has 2 N–H and O–H groups in total. The van der Waals surface area contributed by atoms with Crippen LogP contribution in [0, 0.1) is 6.92 Å². The minimum absolute atomic E-state index is 0.0441. The van der Waals surface area contributed by atoms with Crippen molar-refractivity contribution < 1.29 is 36.2 Å². The lowest BCUT2D eigenvalue weighted by molar-refractivity contribution is -0.143. The van der Waals surface area contributed by atoms with Crippen molar-refractivity contribution in [3.63, 3.8) is 0 Å². The smallest absolute Gasteiger partial charge is 0.425 e. The number of alkyl halides is 6. The number of hydrogen-bond acceptors (Lipinski definition) is 5. The van der Waals surface area contributed by atoms with Crippen LogP contribution in [-0.2, 0) is 13.1 Å². The average Bonchev–Trinajstić information content (AvgIpc) is 2.86. The summed E-state index contributed by atoms with van der Waals surface area (Å²) in [6, 6.07) is 0. The summed E-state index contributed by atoms with van der Waals surface area (Å²) in [7, 11) is 0. The quantitative estimate of drug-likeness (QED) is 0.419. The second-order valence-corrected chi connectivity index (χ2v) is 6.78. The summed E-state index contributed by atoms with van der Waals surface area (Å²) in [4.78, 5) is 35.1. The van der Waals surface area contributed by atoms with Crippen LogP contribution in [0.25, 0.3) is 10.2 Å². The van der Waals surface area contributed by atoms with E-state index in [1.165, 1.54) is 6.92 Å². The van der Waals surface area contributed by atoms with Gasteiger partial charge >= 0.3 is 24.1 Å². The Balaban J connectivity index is 2.75. The number of amides is 1. The predicted molar refractivity (Wildman–Crippen MR) is 90.6 cm³/mol. The molecule has 0 unspecified atom stereocenters. The first-order valence-corrected chi connectivity index (χ1v) is 8.45. The third kappa shape index (κ3) is 5.36. The molecule has 0 saturated carbocycles. The number of hydrogen-bond donors (Lipinski definition) is 2. The Bertz CT molecular complexity index is 1080. The fourth-order valence-corrected chi connectivity index (χ4v) is 3.63. The van der Waals surface area contributed by atoms with Crippen molar-refractivity contribution in [2.75, 3.05) is 0 Å². The number of fused-ring (bicyclic) bond motifs is 1. The minimum Gasteiger partial charge on any atom is -0.464 e. The Kier molecular flexibility index (Phi) is 6.10. The number of carboxylic acid groups (broad SMARTS) is 1. The summed E-state index contributed by atoms with van der Waals surface area (Å²) >= 11 is 0.627. The number of halogens is 6. The molecule has 0 saturated heterocycles. The maximum absolute atomic E-state index is 12.8. The van der Waals surface area contributed by atoms with Gasteiger partial charge in [0.25, 0.3) is 5.56 Å². The molecular formula is C14H12F6N4O4S. The normalized spacial score (nSPS) is 12.8. The van der Waals surface area contributed by atoms with Crippen molar-refractivity contribution in [2.45, 2.75) is 38.8 Å². The number of thiophene rings is 1. The molecule has 29 heavy (non-hydrogen) atoms. The van der Waals surface area contributed by atoms with Crippen LogP contribution in [0.3, 0.4) is 0 Å². The van der Waals surface area contributed by atoms with Crippen LogP contribution in [0.4, 0.5) is 31.1 Å². The summed E-state index contributed by atoms with van der Waals surface area (Å²) in [6.07, 6.45) is -11.8. The lowest BCUT2D eigenvalue weighted by Gasteiger charge is -2.14. The van der Waals surface area contributed by atoms with E-state index in [-0.39, 0.29) is 25.2 Å². The molecule has 2 aromatic heterocycles. The van der Waals surface area contributed by atoms with Crippen LogP contribution < -0.4 is 16.7 Å². The second-order valence-electron chi connectivity index (χ2n) is 5.75. The molecule has 0 atom stereocenters. The van der Waals surface area contributed by atoms with Crippen LogP contribution in [0.15, 0.2) is 14.7 Å². The van der Waals surface area contributed by atoms with Gasteiger partial charge in [0.15, 0.2) is 0 Å². The SMILES string of the molecule is Cc1c(/C=N/NC(=O)O)sc2c1c(=O)n(CC(F)(F)F)c(=O)n2CCC(F)(F)F. The molecule has 0 spiro atoms. The Morgan fingerprint density at radius 1 is 1.17 bits per heavy atom. The highest BCUT2D eigenvalue weighted by Gasteiger charge is 2.33. The van der Waals surface area contributed by atoms with Crippen molar-refractivity contribution in [3.8, 4) is 0 Å². The van der Waals surface area contributed by atoms with Crippen LogP contribution in [0.5, 0.6) is 0 Å². The second kappa shape index (κ2) is 7.88. The van der Waals surface area contributed by atoms with Crippen LogP contribution >= 0.6 is 11.3 Å². The van der Waals surface area contributed by atoms with Gasteiger partial charge in [-0.3, -0.25) is 13.9 Å². The molecule has 1 amide bonds. The number of aryl methyl sites for hydroxylation is 2. The molecule has 160 valence electrons. The lowest BCUT2D eigenvalue weighted by atomic mass is 10.2. The largest absolute Gasteiger partial charge is 0.464 e. The summed E-state index contributed by atoms with van der Waals surface area (Å²) in [5.74, 6) is 0. The van der Waals surface area contributed by atoms with Crippen molar-refractivity contribution >= 4 is 33.9 Å². The zero-order valence-corrected chi connectivity index (χ0v) is 15.2. The molecule has 8 nitrogen and oxygen atoms in total. The monoisotopic (exact) mass is 446 g/mol. The van der Waals surface area contributed by atoms with Gasteiger partial charge in [0.2, 0.25) is 0 Å². The van der Waals surface area contributed by atoms with E-state index in [9.17, 15) is 40.7 Å². The van der Waals surface area contributed by atoms with Crippen molar-refractivity contribution in [1.29, 1.82) is 0 Å².